The van der Waals surface area contributed by atoms with Crippen molar-refractivity contribution in [1.29, 1.82) is 0 Å². The SMILES string of the molecule is C#CC(=O)C1(C)CCCO1. The van der Waals surface area contributed by atoms with Crippen LogP contribution in [0.3, 0.4) is 0 Å². The Morgan fingerprint density at radius 1 is 1.80 bits per heavy atom. The highest BCUT2D eigenvalue weighted by molar-refractivity contribution is 6.01. The topological polar surface area (TPSA) is 26.3 Å². The molecule has 0 aromatic rings. The standard InChI is InChI=1S/C8H10O2/c1-3-7(9)8(2)5-4-6-10-8/h1H,4-6H2,2H3. The highest BCUT2D eigenvalue weighted by Crippen LogP contribution is 2.25. The number of rotatable bonds is 1. The van der Waals surface area contributed by atoms with Crippen LogP contribution in [0.1, 0.15) is 19.8 Å². The molecule has 1 rings (SSSR count). The van der Waals surface area contributed by atoms with Crippen molar-refractivity contribution in [2.45, 2.75) is 25.4 Å². The van der Waals surface area contributed by atoms with Crippen molar-refractivity contribution in [2.24, 2.45) is 0 Å². The lowest BCUT2D eigenvalue weighted by Crippen LogP contribution is -2.32. The zero-order valence-electron chi connectivity index (χ0n) is 6.02. The molecule has 1 atom stereocenters. The van der Waals surface area contributed by atoms with E-state index in [-0.39, 0.29) is 5.78 Å². The molecule has 1 aliphatic heterocycles. The maximum absolute atomic E-state index is 11.0. The van der Waals surface area contributed by atoms with Crippen molar-refractivity contribution in [3.05, 3.63) is 0 Å². The Labute approximate surface area is 60.6 Å². The third kappa shape index (κ3) is 1.05. The number of ether oxygens (including phenoxy) is 1. The van der Waals surface area contributed by atoms with Gasteiger partial charge in [-0.15, -0.1) is 6.42 Å². The summed E-state index contributed by atoms with van der Waals surface area (Å²) in [6.07, 6.45) is 6.65. The molecule has 1 aliphatic rings. The van der Waals surface area contributed by atoms with Gasteiger partial charge in [0.1, 0.15) is 5.60 Å². The molecular formula is C8H10O2. The summed E-state index contributed by atoms with van der Waals surface area (Å²) in [5.74, 6) is 1.85. The fourth-order valence-electron chi connectivity index (χ4n) is 1.11. The predicted molar refractivity (Wildman–Crippen MR) is 37.4 cm³/mol. The van der Waals surface area contributed by atoms with Gasteiger partial charge in [0.25, 0.3) is 0 Å². The molecule has 0 aliphatic carbocycles. The van der Waals surface area contributed by atoms with Gasteiger partial charge in [-0.05, 0) is 25.7 Å². The summed E-state index contributed by atoms with van der Waals surface area (Å²) in [6.45, 7) is 2.41. The number of Topliss-reactive ketones (excluding diaryl/α,β-unsaturated/α-hetero) is 1. The van der Waals surface area contributed by atoms with Crippen molar-refractivity contribution in [2.75, 3.05) is 6.61 Å². The zero-order valence-corrected chi connectivity index (χ0v) is 6.02. The molecule has 2 nitrogen and oxygen atoms in total. The minimum atomic E-state index is -0.672. The van der Waals surface area contributed by atoms with Crippen molar-refractivity contribution in [3.8, 4) is 12.3 Å². The molecule has 0 spiro atoms. The third-order valence-electron chi connectivity index (χ3n) is 1.83. The number of hydrogen-bond donors (Lipinski definition) is 0. The molecule has 0 radical (unpaired) electrons. The molecule has 0 amide bonds. The smallest absolute Gasteiger partial charge is 0.236 e. The van der Waals surface area contributed by atoms with Crippen LogP contribution in [0.4, 0.5) is 0 Å². The monoisotopic (exact) mass is 138 g/mol. The van der Waals surface area contributed by atoms with Crippen molar-refractivity contribution in [1.82, 2.24) is 0 Å². The van der Waals surface area contributed by atoms with Gasteiger partial charge < -0.3 is 4.74 Å². The average molecular weight is 138 g/mol. The van der Waals surface area contributed by atoms with Gasteiger partial charge in [-0.1, -0.05) is 0 Å². The molecule has 1 saturated heterocycles. The lowest BCUT2D eigenvalue weighted by atomic mass is 9.98. The van der Waals surface area contributed by atoms with E-state index in [1.165, 1.54) is 0 Å². The second kappa shape index (κ2) is 2.43. The summed E-state index contributed by atoms with van der Waals surface area (Å²) in [6, 6.07) is 0. The van der Waals surface area contributed by atoms with Gasteiger partial charge in [-0.25, -0.2) is 0 Å². The van der Waals surface area contributed by atoms with E-state index in [9.17, 15) is 4.79 Å². The molecule has 1 fully saturated rings. The fraction of sp³-hybridized carbons (Fsp3) is 0.625. The van der Waals surface area contributed by atoms with E-state index >= 15 is 0 Å². The van der Waals surface area contributed by atoms with Crippen molar-refractivity contribution >= 4 is 5.78 Å². The van der Waals surface area contributed by atoms with Gasteiger partial charge in [0.15, 0.2) is 0 Å². The summed E-state index contributed by atoms with van der Waals surface area (Å²) >= 11 is 0. The van der Waals surface area contributed by atoms with Gasteiger partial charge in [-0.3, -0.25) is 4.79 Å². The van der Waals surface area contributed by atoms with E-state index < -0.39 is 5.60 Å². The van der Waals surface area contributed by atoms with Gasteiger partial charge in [0.05, 0.1) is 0 Å². The van der Waals surface area contributed by atoms with Crippen LogP contribution in [-0.2, 0) is 9.53 Å². The number of hydrogen-bond acceptors (Lipinski definition) is 2. The van der Waals surface area contributed by atoms with Crippen molar-refractivity contribution in [3.63, 3.8) is 0 Å². The highest BCUT2D eigenvalue weighted by Gasteiger charge is 2.36. The Hall–Kier alpha value is -0.810. The van der Waals surface area contributed by atoms with E-state index in [2.05, 4.69) is 5.92 Å². The van der Waals surface area contributed by atoms with Gasteiger partial charge >= 0.3 is 0 Å². The van der Waals surface area contributed by atoms with Crippen LogP contribution in [0.15, 0.2) is 0 Å². The first-order chi connectivity index (χ1) is 4.69. The Morgan fingerprint density at radius 3 is 2.90 bits per heavy atom. The molecule has 10 heavy (non-hydrogen) atoms. The Bertz CT molecular complexity index is 182. The van der Waals surface area contributed by atoms with Crippen LogP contribution in [0, 0.1) is 12.3 Å². The fourth-order valence-corrected chi connectivity index (χ4v) is 1.11. The average Bonchev–Trinajstić information content (AvgIpc) is 2.36. The number of carbonyl (C=O) groups is 1. The van der Waals surface area contributed by atoms with Gasteiger partial charge in [-0.2, -0.15) is 0 Å². The first kappa shape index (κ1) is 7.30. The molecule has 1 heterocycles. The van der Waals surface area contributed by atoms with Crippen LogP contribution in [0.25, 0.3) is 0 Å². The molecule has 1 unspecified atom stereocenters. The molecule has 2 heteroatoms. The summed E-state index contributed by atoms with van der Waals surface area (Å²) in [5.41, 5.74) is -0.672. The van der Waals surface area contributed by atoms with Crippen molar-refractivity contribution < 1.29 is 9.53 Å². The molecule has 54 valence electrons. The second-order valence-electron chi connectivity index (χ2n) is 2.66. The highest BCUT2D eigenvalue weighted by atomic mass is 16.5. The summed E-state index contributed by atoms with van der Waals surface area (Å²) in [7, 11) is 0. The Morgan fingerprint density at radius 2 is 2.50 bits per heavy atom. The number of ketones is 1. The Kier molecular flexibility index (Phi) is 1.78. The normalized spacial score (nSPS) is 31.6. The first-order valence-electron chi connectivity index (χ1n) is 3.34. The van der Waals surface area contributed by atoms with Crippen LogP contribution in [-0.4, -0.2) is 18.0 Å². The van der Waals surface area contributed by atoms with Gasteiger partial charge in [0.2, 0.25) is 5.78 Å². The van der Waals surface area contributed by atoms with Crippen LogP contribution in [0.2, 0.25) is 0 Å². The van der Waals surface area contributed by atoms with E-state index in [1.807, 2.05) is 0 Å². The minimum Gasteiger partial charge on any atom is -0.366 e. The summed E-state index contributed by atoms with van der Waals surface area (Å²) in [5, 5.41) is 0. The quantitative estimate of drug-likeness (QED) is 0.395. The van der Waals surface area contributed by atoms with Crippen LogP contribution >= 0.6 is 0 Å². The van der Waals surface area contributed by atoms with E-state index in [1.54, 1.807) is 6.92 Å². The maximum atomic E-state index is 11.0. The number of carbonyl (C=O) groups excluding carboxylic acids is 1. The second-order valence-corrected chi connectivity index (χ2v) is 2.66. The first-order valence-corrected chi connectivity index (χ1v) is 3.34. The zero-order chi connectivity index (χ0) is 7.61. The lowest BCUT2D eigenvalue weighted by molar-refractivity contribution is -0.130. The largest absolute Gasteiger partial charge is 0.366 e. The van der Waals surface area contributed by atoms with E-state index in [0.29, 0.717) is 6.61 Å². The minimum absolute atomic E-state index is 0.231. The summed E-state index contributed by atoms with van der Waals surface area (Å²) in [4.78, 5) is 11.0. The van der Waals surface area contributed by atoms with Gasteiger partial charge in [0, 0.05) is 6.61 Å². The molecule has 0 bridgehead atoms. The molecular weight excluding hydrogens is 128 g/mol. The molecule has 0 N–H and O–H groups in total. The third-order valence-corrected chi connectivity index (χ3v) is 1.83. The lowest BCUT2D eigenvalue weighted by Gasteiger charge is -2.17. The molecule has 0 aromatic carbocycles. The number of terminal acetylenes is 1. The van der Waals surface area contributed by atoms with E-state index in [0.717, 1.165) is 12.8 Å². The summed E-state index contributed by atoms with van der Waals surface area (Å²) < 4.78 is 5.20. The van der Waals surface area contributed by atoms with E-state index in [4.69, 9.17) is 11.2 Å². The molecule has 0 aromatic heterocycles. The predicted octanol–water partition coefficient (Wildman–Crippen LogP) is 0.758. The maximum Gasteiger partial charge on any atom is 0.236 e. The Balaban J connectivity index is 2.69. The molecule has 0 saturated carbocycles. The van der Waals surface area contributed by atoms with Crippen LogP contribution < -0.4 is 0 Å². The van der Waals surface area contributed by atoms with Crippen LogP contribution in [0.5, 0.6) is 0 Å².